The van der Waals surface area contributed by atoms with Gasteiger partial charge in [-0.3, -0.25) is 9.59 Å². The van der Waals surface area contributed by atoms with Crippen molar-refractivity contribution in [3.05, 3.63) is 0 Å². The van der Waals surface area contributed by atoms with E-state index < -0.39 is 0 Å². The third-order valence-electron chi connectivity index (χ3n) is 9.04. The smallest absolute Gasteiger partial charge is 0.309 e. The van der Waals surface area contributed by atoms with Gasteiger partial charge in [0.05, 0.1) is 13.0 Å². The maximum Gasteiger partial charge on any atom is 0.309 e. The Morgan fingerprint density at radius 2 is 1.76 bits per heavy atom. The molecule has 0 aromatic heterocycles. The summed E-state index contributed by atoms with van der Waals surface area (Å²) in [6.45, 7) is 4.81. The van der Waals surface area contributed by atoms with Crippen molar-refractivity contribution in [2.75, 3.05) is 14.2 Å². The van der Waals surface area contributed by atoms with Crippen molar-refractivity contribution in [1.29, 1.82) is 0 Å². The molecule has 0 radical (unpaired) electrons. The number of fused-ring (bicyclic) bond motifs is 5. The molecule has 0 spiro atoms. The van der Waals surface area contributed by atoms with Gasteiger partial charge in [0.2, 0.25) is 5.91 Å². The standard InChI is InChI=1S/C21H33NO3/c1-20-11-9-15-13(14(20)6-7-16(20)19(24)25-4)5-8-17-21(15,2)12-10-18(23)22(17)3/h13-17H,5-12H2,1-4H3/t13?,14?,15?,16?,17?,20-,21+/m0/s1. The quantitative estimate of drug-likeness (QED) is 0.680. The predicted octanol–water partition coefficient (Wildman–Crippen LogP) is 3.64. The van der Waals surface area contributed by atoms with Gasteiger partial charge >= 0.3 is 5.97 Å². The largest absolute Gasteiger partial charge is 0.469 e. The van der Waals surface area contributed by atoms with Crippen LogP contribution < -0.4 is 0 Å². The molecule has 3 saturated carbocycles. The van der Waals surface area contributed by atoms with Crippen molar-refractivity contribution in [3.8, 4) is 0 Å². The molecule has 0 bridgehead atoms. The first-order valence-electron chi connectivity index (χ1n) is 10.2. The fourth-order valence-corrected chi connectivity index (χ4v) is 7.68. The Morgan fingerprint density at radius 1 is 1.04 bits per heavy atom. The van der Waals surface area contributed by atoms with Crippen LogP contribution in [0.5, 0.6) is 0 Å². The topological polar surface area (TPSA) is 46.6 Å². The second-order valence-corrected chi connectivity index (χ2v) is 9.68. The first-order chi connectivity index (χ1) is 11.8. The number of hydrogen-bond donors (Lipinski definition) is 0. The number of hydrogen-bond acceptors (Lipinski definition) is 3. The summed E-state index contributed by atoms with van der Waals surface area (Å²) in [5.41, 5.74) is 0.379. The van der Waals surface area contributed by atoms with Gasteiger partial charge in [0.25, 0.3) is 0 Å². The molecule has 4 aliphatic rings. The first-order valence-corrected chi connectivity index (χ1v) is 10.2. The van der Waals surface area contributed by atoms with Crippen molar-refractivity contribution in [3.63, 3.8) is 0 Å². The van der Waals surface area contributed by atoms with Gasteiger partial charge in [-0.05, 0) is 73.5 Å². The van der Waals surface area contributed by atoms with E-state index in [0.29, 0.717) is 30.2 Å². The van der Waals surface area contributed by atoms with Gasteiger partial charge in [0.15, 0.2) is 0 Å². The highest BCUT2D eigenvalue weighted by molar-refractivity contribution is 5.77. The Kier molecular flexibility index (Phi) is 3.97. The zero-order chi connectivity index (χ0) is 18.0. The molecule has 7 atom stereocenters. The molecule has 0 aromatic rings. The number of amides is 1. The molecular formula is C21H33NO3. The van der Waals surface area contributed by atoms with Gasteiger partial charge in [-0.1, -0.05) is 13.8 Å². The lowest BCUT2D eigenvalue weighted by Gasteiger charge is -2.61. The number of carbonyl (C=O) groups is 2. The Balaban J connectivity index is 1.62. The normalized spacial score (nSPS) is 49.2. The Bertz CT molecular complexity index is 590. The molecule has 140 valence electrons. The highest BCUT2D eigenvalue weighted by Gasteiger charge is 2.62. The summed E-state index contributed by atoms with van der Waals surface area (Å²) in [5, 5.41) is 0. The van der Waals surface area contributed by atoms with Crippen molar-refractivity contribution in [1.82, 2.24) is 4.90 Å². The van der Waals surface area contributed by atoms with Crippen LogP contribution in [-0.4, -0.2) is 37.0 Å². The molecule has 4 heteroatoms. The van der Waals surface area contributed by atoms with Crippen molar-refractivity contribution in [2.24, 2.45) is 34.5 Å². The van der Waals surface area contributed by atoms with E-state index in [0.717, 1.165) is 31.6 Å². The average molecular weight is 347 g/mol. The van der Waals surface area contributed by atoms with E-state index in [1.165, 1.54) is 26.4 Å². The lowest BCUT2D eigenvalue weighted by Crippen LogP contribution is -2.61. The molecule has 25 heavy (non-hydrogen) atoms. The van der Waals surface area contributed by atoms with E-state index in [9.17, 15) is 9.59 Å². The fraction of sp³-hybridized carbons (Fsp3) is 0.905. The minimum atomic E-state index is 0.00587. The summed E-state index contributed by atoms with van der Waals surface area (Å²) in [6.07, 6.45) is 8.62. The second-order valence-electron chi connectivity index (χ2n) is 9.68. The molecule has 1 heterocycles. The lowest BCUT2D eigenvalue weighted by molar-refractivity contribution is -0.164. The molecule has 0 N–H and O–H groups in total. The van der Waals surface area contributed by atoms with E-state index in [4.69, 9.17) is 4.74 Å². The molecule has 5 unspecified atom stereocenters. The minimum absolute atomic E-state index is 0.00587. The SMILES string of the molecule is COC(=O)C1CCC2C3CCC4N(C)C(=O)CC[C@]4(C)C3CC[C@]12C. The van der Waals surface area contributed by atoms with Gasteiger partial charge < -0.3 is 9.64 Å². The minimum Gasteiger partial charge on any atom is -0.469 e. The van der Waals surface area contributed by atoms with Gasteiger partial charge in [0, 0.05) is 19.5 Å². The molecule has 4 fully saturated rings. The molecule has 3 aliphatic carbocycles. The summed E-state index contributed by atoms with van der Waals surface area (Å²) in [5.74, 6) is 2.49. The maximum atomic E-state index is 12.3. The van der Waals surface area contributed by atoms with E-state index >= 15 is 0 Å². The number of carbonyl (C=O) groups excluding carboxylic acids is 2. The average Bonchev–Trinajstić information content (AvgIpc) is 2.95. The van der Waals surface area contributed by atoms with Crippen LogP contribution in [0.15, 0.2) is 0 Å². The Hall–Kier alpha value is -1.06. The van der Waals surface area contributed by atoms with Crippen LogP contribution in [0.25, 0.3) is 0 Å². The monoisotopic (exact) mass is 347 g/mol. The first kappa shape index (κ1) is 17.4. The number of methoxy groups -OCH3 is 1. The lowest BCUT2D eigenvalue weighted by atomic mass is 9.47. The van der Waals surface area contributed by atoms with Crippen LogP contribution in [-0.2, 0) is 14.3 Å². The molecular weight excluding hydrogens is 314 g/mol. The van der Waals surface area contributed by atoms with Crippen LogP contribution in [0, 0.1) is 34.5 Å². The third-order valence-corrected chi connectivity index (χ3v) is 9.04. The number of likely N-dealkylation sites (tertiary alicyclic amines) is 1. The zero-order valence-electron chi connectivity index (χ0n) is 16.2. The van der Waals surface area contributed by atoms with E-state index in [2.05, 4.69) is 18.7 Å². The van der Waals surface area contributed by atoms with Gasteiger partial charge in [-0.25, -0.2) is 0 Å². The zero-order valence-corrected chi connectivity index (χ0v) is 16.2. The summed E-state index contributed by atoms with van der Waals surface area (Å²) in [4.78, 5) is 26.6. The number of esters is 1. The summed E-state index contributed by atoms with van der Waals surface area (Å²) in [6, 6.07) is 0.414. The highest BCUT2D eigenvalue weighted by atomic mass is 16.5. The van der Waals surface area contributed by atoms with E-state index in [-0.39, 0.29) is 22.7 Å². The fourth-order valence-electron chi connectivity index (χ4n) is 7.68. The third kappa shape index (κ3) is 2.24. The second kappa shape index (κ2) is 5.72. The van der Waals surface area contributed by atoms with E-state index in [1.54, 1.807) is 0 Å². The van der Waals surface area contributed by atoms with E-state index in [1.807, 2.05) is 7.05 Å². The Labute approximate surface area is 151 Å². The predicted molar refractivity (Wildman–Crippen MR) is 95.7 cm³/mol. The number of nitrogens with zero attached hydrogens (tertiary/aromatic N) is 1. The molecule has 1 saturated heterocycles. The van der Waals surface area contributed by atoms with Crippen molar-refractivity contribution in [2.45, 2.75) is 71.3 Å². The molecule has 1 aliphatic heterocycles. The molecule has 4 rings (SSSR count). The van der Waals surface area contributed by atoms with Crippen LogP contribution >= 0.6 is 0 Å². The summed E-state index contributed by atoms with van der Waals surface area (Å²) >= 11 is 0. The molecule has 1 amide bonds. The number of ether oxygens (including phenoxy) is 1. The summed E-state index contributed by atoms with van der Waals surface area (Å²) in [7, 11) is 3.55. The Morgan fingerprint density at radius 3 is 2.48 bits per heavy atom. The van der Waals surface area contributed by atoms with Gasteiger partial charge in [-0.2, -0.15) is 0 Å². The van der Waals surface area contributed by atoms with Crippen LogP contribution in [0.1, 0.15) is 65.2 Å². The van der Waals surface area contributed by atoms with Crippen LogP contribution in [0.2, 0.25) is 0 Å². The number of piperidine rings is 1. The van der Waals surface area contributed by atoms with Crippen LogP contribution in [0.4, 0.5) is 0 Å². The van der Waals surface area contributed by atoms with Gasteiger partial charge in [0.1, 0.15) is 0 Å². The van der Waals surface area contributed by atoms with Gasteiger partial charge in [-0.15, -0.1) is 0 Å². The van der Waals surface area contributed by atoms with Crippen LogP contribution in [0.3, 0.4) is 0 Å². The number of rotatable bonds is 1. The highest BCUT2D eigenvalue weighted by Crippen LogP contribution is 2.66. The van der Waals surface area contributed by atoms with Crippen molar-refractivity contribution < 1.29 is 14.3 Å². The maximum absolute atomic E-state index is 12.3. The molecule has 0 aromatic carbocycles. The summed E-state index contributed by atoms with van der Waals surface area (Å²) < 4.78 is 5.13. The molecule has 4 nitrogen and oxygen atoms in total. The van der Waals surface area contributed by atoms with Crippen molar-refractivity contribution >= 4 is 11.9 Å².